The molecular weight excluding hydrogens is 555 g/mol. The lowest BCUT2D eigenvalue weighted by atomic mass is 10.0. The van der Waals surface area contributed by atoms with E-state index >= 15 is 0 Å². The third kappa shape index (κ3) is 3.89. The highest BCUT2D eigenvalue weighted by Gasteiger charge is 2.21. The summed E-state index contributed by atoms with van der Waals surface area (Å²) in [7, 11) is 0. The highest BCUT2D eigenvalue weighted by Crippen LogP contribution is 2.45. The molecule has 0 amide bonds. The molecule has 9 aromatic rings. The van der Waals surface area contributed by atoms with E-state index in [1.54, 1.807) is 11.3 Å². The van der Waals surface area contributed by atoms with E-state index in [9.17, 15) is 0 Å². The molecule has 3 nitrogen and oxygen atoms in total. The Hall–Kier alpha value is -5.58. The number of para-hydroxylation sites is 2. The van der Waals surface area contributed by atoms with Crippen LogP contribution in [-0.4, -0.2) is 14.5 Å². The Balaban J connectivity index is 1.35. The summed E-state index contributed by atoms with van der Waals surface area (Å²) in [6.45, 7) is 0. The zero-order chi connectivity index (χ0) is 29.0. The molecule has 0 N–H and O–H groups in total. The molecule has 3 aromatic heterocycles. The highest BCUT2D eigenvalue weighted by atomic mass is 32.1. The van der Waals surface area contributed by atoms with Crippen molar-refractivity contribution in [3.63, 3.8) is 0 Å². The van der Waals surface area contributed by atoms with Crippen molar-refractivity contribution < 1.29 is 0 Å². The quantitative estimate of drug-likeness (QED) is 0.208. The van der Waals surface area contributed by atoms with Crippen molar-refractivity contribution >= 4 is 53.4 Å². The van der Waals surface area contributed by atoms with Crippen LogP contribution >= 0.6 is 11.3 Å². The Labute approximate surface area is 258 Å². The van der Waals surface area contributed by atoms with Gasteiger partial charge in [-0.15, -0.1) is 11.3 Å². The van der Waals surface area contributed by atoms with Gasteiger partial charge in [0, 0.05) is 37.7 Å². The number of rotatable bonds is 4. The average Bonchev–Trinajstić information content (AvgIpc) is 3.65. The minimum absolute atomic E-state index is 0.742. The summed E-state index contributed by atoms with van der Waals surface area (Å²) in [5, 5.41) is 3.67. The van der Waals surface area contributed by atoms with Crippen LogP contribution in [0.3, 0.4) is 0 Å². The minimum Gasteiger partial charge on any atom is -0.309 e. The standard InChI is InChI=1S/C40H25N3S/c1-4-12-26(13-5-1)27-20-22-28(23-21-27)36-39-37(42-40(41-36)29-14-6-2-7-15-29)32-24-25-34-35(38(32)44-39)31-18-10-11-19-33(31)43(34)30-16-8-3-9-17-30/h1-25H. The Morgan fingerprint density at radius 1 is 0.432 bits per heavy atom. The maximum atomic E-state index is 5.23. The zero-order valence-corrected chi connectivity index (χ0v) is 24.5. The Morgan fingerprint density at radius 2 is 1.05 bits per heavy atom. The van der Waals surface area contributed by atoms with E-state index in [1.165, 1.54) is 37.6 Å². The van der Waals surface area contributed by atoms with Crippen LogP contribution in [0.15, 0.2) is 152 Å². The molecule has 0 fully saturated rings. The number of thiophene rings is 1. The van der Waals surface area contributed by atoms with E-state index < -0.39 is 0 Å². The molecule has 0 spiro atoms. The molecule has 0 unspecified atom stereocenters. The molecule has 4 heteroatoms. The van der Waals surface area contributed by atoms with Gasteiger partial charge in [-0.25, -0.2) is 9.97 Å². The van der Waals surface area contributed by atoms with Crippen LogP contribution in [-0.2, 0) is 0 Å². The zero-order valence-electron chi connectivity index (χ0n) is 23.7. The van der Waals surface area contributed by atoms with Crippen LogP contribution in [0.5, 0.6) is 0 Å². The van der Waals surface area contributed by atoms with Gasteiger partial charge in [-0.05, 0) is 41.5 Å². The molecule has 0 aliphatic rings. The molecule has 0 saturated carbocycles. The first-order chi connectivity index (χ1) is 21.8. The molecule has 206 valence electrons. The predicted molar refractivity (Wildman–Crippen MR) is 186 cm³/mol. The Morgan fingerprint density at radius 3 is 1.80 bits per heavy atom. The summed E-state index contributed by atoms with van der Waals surface area (Å²) >= 11 is 1.80. The van der Waals surface area contributed by atoms with Gasteiger partial charge >= 0.3 is 0 Å². The van der Waals surface area contributed by atoms with Crippen LogP contribution in [0.4, 0.5) is 0 Å². The molecule has 6 aromatic carbocycles. The van der Waals surface area contributed by atoms with E-state index in [2.05, 4.69) is 138 Å². The minimum atomic E-state index is 0.742. The van der Waals surface area contributed by atoms with Gasteiger partial charge in [0.15, 0.2) is 5.82 Å². The van der Waals surface area contributed by atoms with Gasteiger partial charge in [-0.2, -0.15) is 0 Å². The van der Waals surface area contributed by atoms with Crippen molar-refractivity contribution in [1.29, 1.82) is 0 Å². The lowest BCUT2D eigenvalue weighted by molar-refractivity contribution is 1.18. The third-order valence-electron chi connectivity index (χ3n) is 8.43. The lowest BCUT2D eigenvalue weighted by Crippen LogP contribution is -1.93. The van der Waals surface area contributed by atoms with Crippen molar-refractivity contribution in [2.45, 2.75) is 0 Å². The fourth-order valence-electron chi connectivity index (χ4n) is 6.37. The summed E-state index contributed by atoms with van der Waals surface area (Å²) in [5.41, 5.74) is 10.0. The number of nitrogens with zero attached hydrogens (tertiary/aromatic N) is 3. The SMILES string of the molecule is c1ccc(-c2ccc(-c3nc(-c4ccccc4)nc4c3sc3c4ccc4c3c3ccccc3n4-c3ccccc3)cc2)cc1. The molecule has 0 aliphatic carbocycles. The molecule has 0 radical (unpaired) electrons. The topological polar surface area (TPSA) is 30.7 Å². The smallest absolute Gasteiger partial charge is 0.160 e. The second-order valence-corrected chi connectivity index (χ2v) is 12.0. The van der Waals surface area contributed by atoms with Crippen molar-refractivity contribution in [2.75, 3.05) is 0 Å². The van der Waals surface area contributed by atoms with Gasteiger partial charge < -0.3 is 4.57 Å². The fraction of sp³-hybridized carbons (Fsp3) is 0. The lowest BCUT2D eigenvalue weighted by Gasteiger charge is -2.08. The first-order valence-corrected chi connectivity index (χ1v) is 15.6. The number of hydrogen-bond donors (Lipinski definition) is 0. The van der Waals surface area contributed by atoms with Crippen LogP contribution < -0.4 is 0 Å². The molecule has 9 rings (SSSR count). The highest BCUT2D eigenvalue weighted by molar-refractivity contribution is 7.27. The van der Waals surface area contributed by atoms with E-state index in [-0.39, 0.29) is 0 Å². The first kappa shape index (κ1) is 25.0. The Bertz CT molecular complexity index is 2460. The van der Waals surface area contributed by atoms with Crippen molar-refractivity contribution in [2.24, 2.45) is 0 Å². The second-order valence-electron chi connectivity index (χ2n) is 11.0. The molecule has 0 bridgehead atoms. The Kier molecular flexibility index (Phi) is 5.68. The number of aromatic nitrogens is 3. The molecule has 3 heterocycles. The summed E-state index contributed by atoms with van der Waals surface area (Å²) in [4.78, 5) is 10.5. The van der Waals surface area contributed by atoms with Gasteiger partial charge in [0.25, 0.3) is 0 Å². The summed E-state index contributed by atoms with van der Waals surface area (Å²) in [6.07, 6.45) is 0. The third-order valence-corrected chi connectivity index (χ3v) is 9.65. The van der Waals surface area contributed by atoms with Gasteiger partial charge in [-0.3, -0.25) is 0 Å². The van der Waals surface area contributed by atoms with Crippen molar-refractivity contribution in [3.8, 4) is 39.5 Å². The molecule has 0 aliphatic heterocycles. The van der Waals surface area contributed by atoms with E-state index in [1.807, 2.05) is 18.2 Å². The van der Waals surface area contributed by atoms with E-state index in [0.29, 0.717) is 0 Å². The molecule has 44 heavy (non-hydrogen) atoms. The molecule has 0 saturated heterocycles. The monoisotopic (exact) mass is 579 g/mol. The largest absolute Gasteiger partial charge is 0.309 e. The van der Waals surface area contributed by atoms with Gasteiger partial charge in [0.1, 0.15) is 0 Å². The number of benzene rings is 6. The van der Waals surface area contributed by atoms with Gasteiger partial charge in [0.05, 0.1) is 26.9 Å². The van der Waals surface area contributed by atoms with Crippen LogP contribution in [0.1, 0.15) is 0 Å². The summed E-state index contributed by atoms with van der Waals surface area (Å²) < 4.78 is 4.72. The fourth-order valence-corrected chi connectivity index (χ4v) is 7.68. The number of hydrogen-bond acceptors (Lipinski definition) is 3. The normalized spacial score (nSPS) is 11.6. The average molecular weight is 580 g/mol. The summed E-state index contributed by atoms with van der Waals surface area (Å²) in [5.74, 6) is 0.742. The maximum absolute atomic E-state index is 5.23. The van der Waals surface area contributed by atoms with Gasteiger partial charge in [0.2, 0.25) is 0 Å². The molecule has 0 atom stereocenters. The van der Waals surface area contributed by atoms with Crippen molar-refractivity contribution in [3.05, 3.63) is 152 Å². The predicted octanol–water partition coefficient (Wildman–Crippen LogP) is 10.9. The van der Waals surface area contributed by atoms with Crippen LogP contribution in [0.25, 0.3) is 81.6 Å². The van der Waals surface area contributed by atoms with Crippen LogP contribution in [0.2, 0.25) is 0 Å². The van der Waals surface area contributed by atoms with Gasteiger partial charge in [-0.1, -0.05) is 121 Å². The van der Waals surface area contributed by atoms with E-state index in [4.69, 9.17) is 9.97 Å². The number of fused-ring (bicyclic) bond motifs is 7. The van der Waals surface area contributed by atoms with Crippen molar-refractivity contribution in [1.82, 2.24) is 14.5 Å². The first-order valence-electron chi connectivity index (χ1n) is 14.8. The summed E-state index contributed by atoms with van der Waals surface area (Å²) in [6, 6.07) is 53.4. The van der Waals surface area contributed by atoms with Crippen LogP contribution in [0, 0.1) is 0 Å². The van der Waals surface area contributed by atoms with E-state index in [0.717, 1.165) is 43.9 Å². The maximum Gasteiger partial charge on any atom is 0.160 e. The molecular formula is C40H25N3S. The second kappa shape index (κ2) is 10.0.